The van der Waals surface area contributed by atoms with E-state index in [4.69, 9.17) is 5.11 Å². The van der Waals surface area contributed by atoms with E-state index in [1.807, 2.05) is 13.8 Å². The number of β-amino-alcohol motifs (C(OH)–C–C–N with tert-alkyl or cyclic N) is 1. The molecular formula is C15H23N3O3. The summed E-state index contributed by atoms with van der Waals surface area (Å²) in [6.07, 6.45) is 1.50. The molecule has 6 nitrogen and oxygen atoms in total. The molecule has 0 radical (unpaired) electrons. The van der Waals surface area contributed by atoms with Crippen molar-refractivity contribution in [3.05, 3.63) is 23.3 Å². The zero-order valence-corrected chi connectivity index (χ0v) is 12.8. The number of hydrogen-bond acceptors (Lipinski definition) is 5. The molecule has 116 valence electrons. The number of nitrogens with zero attached hydrogens (tertiary/aromatic N) is 3. The highest BCUT2D eigenvalue weighted by Crippen LogP contribution is 2.20. The van der Waals surface area contributed by atoms with Crippen LogP contribution in [0.5, 0.6) is 0 Å². The highest BCUT2D eigenvalue weighted by molar-refractivity contribution is 5.95. The van der Waals surface area contributed by atoms with E-state index in [0.29, 0.717) is 24.2 Å². The van der Waals surface area contributed by atoms with Crippen molar-refractivity contribution in [2.24, 2.45) is 5.92 Å². The van der Waals surface area contributed by atoms with Crippen LogP contribution in [0.3, 0.4) is 0 Å². The summed E-state index contributed by atoms with van der Waals surface area (Å²) in [6.45, 7) is 6.55. The van der Waals surface area contributed by atoms with Crippen LogP contribution in [0.25, 0.3) is 0 Å². The number of carbonyl (C=O) groups excluding carboxylic acids is 1. The molecule has 1 amide bonds. The predicted octanol–water partition coefficient (Wildman–Crippen LogP) is 0.724. The van der Waals surface area contributed by atoms with Crippen LogP contribution in [-0.4, -0.2) is 56.8 Å². The fourth-order valence-corrected chi connectivity index (χ4v) is 2.52. The Labute approximate surface area is 124 Å². The Morgan fingerprint density at radius 3 is 2.76 bits per heavy atom. The number of likely N-dealkylation sites (tertiary alicyclic amines) is 1. The SMILES string of the molecule is Cc1nc(C(C)C)ncc1C(=O)N1CC[C@H](CO)[C@H](O)C1. The summed E-state index contributed by atoms with van der Waals surface area (Å²) in [4.78, 5) is 22.7. The highest BCUT2D eigenvalue weighted by atomic mass is 16.3. The summed E-state index contributed by atoms with van der Waals surface area (Å²) < 4.78 is 0. The molecule has 2 N–H and O–H groups in total. The number of aliphatic hydroxyl groups is 2. The maximum Gasteiger partial charge on any atom is 0.257 e. The monoisotopic (exact) mass is 293 g/mol. The van der Waals surface area contributed by atoms with Gasteiger partial charge in [-0.25, -0.2) is 9.97 Å². The van der Waals surface area contributed by atoms with Gasteiger partial charge in [0.2, 0.25) is 0 Å². The molecule has 0 bridgehead atoms. The van der Waals surface area contributed by atoms with Crippen molar-refractivity contribution < 1.29 is 15.0 Å². The lowest BCUT2D eigenvalue weighted by Crippen LogP contribution is -2.47. The van der Waals surface area contributed by atoms with E-state index in [-0.39, 0.29) is 30.9 Å². The lowest BCUT2D eigenvalue weighted by atomic mass is 9.94. The Kier molecular flexibility index (Phi) is 4.90. The Morgan fingerprint density at radius 1 is 1.52 bits per heavy atom. The first-order valence-corrected chi connectivity index (χ1v) is 7.35. The van der Waals surface area contributed by atoms with E-state index in [2.05, 4.69) is 9.97 Å². The molecule has 1 aromatic heterocycles. The molecule has 1 fully saturated rings. The van der Waals surface area contributed by atoms with Gasteiger partial charge in [0.05, 0.1) is 17.4 Å². The minimum Gasteiger partial charge on any atom is -0.396 e. The Balaban J connectivity index is 2.14. The van der Waals surface area contributed by atoms with Gasteiger partial charge in [0, 0.05) is 37.7 Å². The van der Waals surface area contributed by atoms with Crippen molar-refractivity contribution in [2.45, 2.75) is 39.2 Å². The lowest BCUT2D eigenvalue weighted by molar-refractivity contribution is 0.000803. The first kappa shape index (κ1) is 15.9. The van der Waals surface area contributed by atoms with E-state index in [0.717, 1.165) is 5.82 Å². The Morgan fingerprint density at radius 2 is 2.24 bits per heavy atom. The highest BCUT2D eigenvalue weighted by Gasteiger charge is 2.30. The zero-order chi connectivity index (χ0) is 15.6. The fourth-order valence-electron chi connectivity index (χ4n) is 2.52. The number of aryl methyl sites for hydroxylation is 1. The Bertz CT molecular complexity index is 519. The van der Waals surface area contributed by atoms with Crippen LogP contribution in [0.4, 0.5) is 0 Å². The van der Waals surface area contributed by atoms with Crippen molar-refractivity contribution in [3.8, 4) is 0 Å². The normalized spacial score (nSPS) is 22.7. The van der Waals surface area contributed by atoms with Gasteiger partial charge < -0.3 is 15.1 Å². The molecule has 21 heavy (non-hydrogen) atoms. The molecule has 0 aromatic carbocycles. The van der Waals surface area contributed by atoms with E-state index < -0.39 is 6.10 Å². The molecule has 1 aromatic rings. The van der Waals surface area contributed by atoms with E-state index in [9.17, 15) is 9.90 Å². The van der Waals surface area contributed by atoms with Crippen molar-refractivity contribution >= 4 is 5.91 Å². The molecule has 0 spiro atoms. The van der Waals surface area contributed by atoms with Crippen molar-refractivity contribution in [1.29, 1.82) is 0 Å². The third kappa shape index (κ3) is 3.39. The summed E-state index contributed by atoms with van der Waals surface area (Å²) in [6, 6.07) is 0. The molecule has 1 aliphatic rings. The van der Waals surface area contributed by atoms with Gasteiger partial charge in [0.15, 0.2) is 0 Å². The summed E-state index contributed by atoms with van der Waals surface area (Å²) in [5, 5.41) is 19.1. The van der Waals surface area contributed by atoms with Gasteiger partial charge in [-0.3, -0.25) is 4.79 Å². The molecule has 6 heteroatoms. The molecule has 1 saturated heterocycles. The summed E-state index contributed by atoms with van der Waals surface area (Å²) in [7, 11) is 0. The number of amides is 1. The average molecular weight is 293 g/mol. The number of aliphatic hydroxyl groups excluding tert-OH is 2. The molecule has 2 rings (SSSR count). The maximum absolute atomic E-state index is 12.5. The predicted molar refractivity (Wildman–Crippen MR) is 78.0 cm³/mol. The molecule has 0 saturated carbocycles. The van der Waals surface area contributed by atoms with Crippen LogP contribution in [0.2, 0.25) is 0 Å². The molecule has 0 aliphatic carbocycles. The minimum absolute atomic E-state index is 0.0472. The second-order valence-corrected chi connectivity index (χ2v) is 5.93. The molecular weight excluding hydrogens is 270 g/mol. The smallest absolute Gasteiger partial charge is 0.257 e. The van der Waals surface area contributed by atoms with Crippen LogP contribution in [0.15, 0.2) is 6.20 Å². The van der Waals surface area contributed by atoms with Gasteiger partial charge in [-0.15, -0.1) is 0 Å². The summed E-state index contributed by atoms with van der Waals surface area (Å²) in [5.74, 6) is 0.644. The second kappa shape index (κ2) is 6.49. The van der Waals surface area contributed by atoms with E-state index in [1.54, 1.807) is 18.0 Å². The van der Waals surface area contributed by atoms with Gasteiger partial charge in [-0.05, 0) is 13.3 Å². The van der Waals surface area contributed by atoms with E-state index in [1.165, 1.54) is 0 Å². The second-order valence-electron chi connectivity index (χ2n) is 5.93. The topological polar surface area (TPSA) is 86.6 Å². The molecule has 0 unspecified atom stereocenters. The maximum atomic E-state index is 12.5. The number of rotatable bonds is 3. The van der Waals surface area contributed by atoms with Crippen molar-refractivity contribution in [2.75, 3.05) is 19.7 Å². The van der Waals surface area contributed by atoms with Gasteiger partial charge in [-0.1, -0.05) is 13.8 Å². The van der Waals surface area contributed by atoms with Crippen LogP contribution in [0, 0.1) is 12.8 Å². The van der Waals surface area contributed by atoms with Gasteiger partial charge in [0.25, 0.3) is 5.91 Å². The number of piperidine rings is 1. The van der Waals surface area contributed by atoms with Crippen LogP contribution in [-0.2, 0) is 0 Å². The van der Waals surface area contributed by atoms with Crippen molar-refractivity contribution in [3.63, 3.8) is 0 Å². The van der Waals surface area contributed by atoms with Crippen LogP contribution >= 0.6 is 0 Å². The van der Waals surface area contributed by atoms with Gasteiger partial charge in [-0.2, -0.15) is 0 Å². The summed E-state index contributed by atoms with van der Waals surface area (Å²) in [5.41, 5.74) is 1.14. The Hall–Kier alpha value is -1.53. The molecule has 2 atom stereocenters. The van der Waals surface area contributed by atoms with Gasteiger partial charge >= 0.3 is 0 Å². The van der Waals surface area contributed by atoms with Crippen LogP contribution < -0.4 is 0 Å². The first-order chi connectivity index (χ1) is 9.93. The average Bonchev–Trinajstić information content (AvgIpc) is 2.46. The number of aromatic nitrogens is 2. The molecule has 2 heterocycles. The number of hydrogen-bond donors (Lipinski definition) is 2. The first-order valence-electron chi connectivity index (χ1n) is 7.35. The zero-order valence-electron chi connectivity index (χ0n) is 12.8. The lowest BCUT2D eigenvalue weighted by Gasteiger charge is -2.35. The van der Waals surface area contributed by atoms with E-state index >= 15 is 0 Å². The third-order valence-corrected chi connectivity index (χ3v) is 3.99. The fraction of sp³-hybridized carbons (Fsp3) is 0.667. The molecule has 1 aliphatic heterocycles. The standard InChI is InChI=1S/C15H23N3O3/c1-9(2)14-16-6-12(10(3)17-14)15(21)18-5-4-11(8-19)13(20)7-18/h6,9,11,13,19-20H,4-5,7-8H2,1-3H3/t11-,13-/m1/s1. The third-order valence-electron chi connectivity index (χ3n) is 3.99. The van der Waals surface area contributed by atoms with Crippen LogP contribution in [0.1, 0.15) is 48.1 Å². The van der Waals surface area contributed by atoms with Crippen molar-refractivity contribution in [1.82, 2.24) is 14.9 Å². The largest absolute Gasteiger partial charge is 0.396 e. The summed E-state index contributed by atoms with van der Waals surface area (Å²) >= 11 is 0. The van der Waals surface area contributed by atoms with Gasteiger partial charge in [0.1, 0.15) is 5.82 Å². The quantitative estimate of drug-likeness (QED) is 0.857. The minimum atomic E-state index is -0.677. The number of carbonyl (C=O) groups is 1.